The smallest absolute Gasteiger partial charge is 0.115 e. The minimum atomic E-state index is 0.564. The lowest BCUT2D eigenvalue weighted by atomic mass is 9.95. The van der Waals surface area contributed by atoms with Crippen LogP contribution in [0.2, 0.25) is 0 Å². The third-order valence-electron chi connectivity index (χ3n) is 2.94. The molecule has 3 heteroatoms. The van der Waals surface area contributed by atoms with Gasteiger partial charge in [-0.2, -0.15) is 0 Å². The van der Waals surface area contributed by atoms with Crippen molar-refractivity contribution in [3.8, 4) is 0 Å². The van der Waals surface area contributed by atoms with Crippen molar-refractivity contribution < 1.29 is 4.42 Å². The summed E-state index contributed by atoms with van der Waals surface area (Å²) in [5, 5.41) is 3.41. The number of piperidine rings is 1. The fraction of sp³-hybridized carbons (Fsp3) is 0.636. The standard InChI is InChI=1S/C11H16BrNO/c1-7-10(12)8(2)14-11(7)9-4-3-5-13-6-9/h9,13H,3-6H2,1-2H3. The molecule has 0 bridgehead atoms. The molecule has 1 aliphatic rings. The van der Waals surface area contributed by atoms with Gasteiger partial charge in [0.2, 0.25) is 0 Å². The molecule has 78 valence electrons. The van der Waals surface area contributed by atoms with E-state index in [4.69, 9.17) is 4.42 Å². The summed E-state index contributed by atoms with van der Waals surface area (Å²) in [6, 6.07) is 0. The Bertz CT molecular complexity index is 326. The summed E-state index contributed by atoms with van der Waals surface area (Å²) in [6.07, 6.45) is 2.49. The minimum absolute atomic E-state index is 0.564. The molecule has 1 aromatic rings. The predicted octanol–water partition coefficient (Wildman–Crippen LogP) is 3.13. The van der Waals surface area contributed by atoms with Crippen LogP contribution in [0.3, 0.4) is 0 Å². The summed E-state index contributed by atoms with van der Waals surface area (Å²) in [5.74, 6) is 2.73. The van der Waals surface area contributed by atoms with E-state index in [-0.39, 0.29) is 0 Å². The second kappa shape index (κ2) is 4.07. The van der Waals surface area contributed by atoms with E-state index in [0.29, 0.717) is 5.92 Å². The first-order chi connectivity index (χ1) is 6.70. The topological polar surface area (TPSA) is 25.2 Å². The summed E-state index contributed by atoms with van der Waals surface area (Å²) >= 11 is 3.55. The SMILES string of the molecule is Cc1oc(C2CCCNC2)c(C)c1Br. The number of hydrogen-bond acceptors (Lipinski definition) is 2. The van der Waals surface area contributed by atoms with Crippen LogP contribution in [0.25, 0.3) is 0 Å². The van der Waals surface area contributed by atoms with Crippen molar-refractivity contribution in [2.24, 2.45) is 0 Å². The van der Waals surface area contributed by atoms with E-state index in [1.54, 1.807) is 0 Å². The molecule has 1 atom stereocenters. The van der Waals surface area contributed by atoms with Gasteiger partial charge in [-0.1, -0.05) is 0 Å². The van der Waals surface area contributed by atoms with Gasteiger partial charge in [-0.15, -0.1) is 0 Å². The highest BCUT2D eigenvalue weighted by Crippen LogP contribution is 2.34. The van der Waals surface area contributed by atoms with Gasteiger partial charge < -0.3 is 9.73 Å². The van der Waals surface area contributed by atoms with Crippen molar-refractivity contribution in [2.75, 3.05) is 13.1 Å². The summed E-state index contributed by atoms with van der Waals surface area (Å²) in [5.41, 5.74) is 1.27. The number of halogens is 1. The van der Waals surface area contributed by atoms with Crippen molar-refractivity contribution in [3.63, 3.8) is 0 Å². The van der Waals surface area contributed by atoms with Gasteiger partial charge >= 0.3 is 0 Å². The molecule has 1 aliphatic heterocycles. The van der Waals surface area contributed by atoms with Crippen LogP contribution in [0.15, 0.2) is 8.89 Å². The van der Waals surface area contributed by atoms with E-state index in [2.05, 4.69) is 28.2 Å². The molecule has 0 radical (unpaired) electrons. The van der Waals surface area contributed by atoms with Gasteiger partial charge in [0.1, 0.15) is 11.5 Å². The van der Waals surface area contributed by atoms with Crippen molar-refractivity contribution >= 4 is 15.9 Å². The van der Waals surface area contributed by atoms with Gasteiger partial charge in [-0.25, -0.2) is 0 Å². The van der Waals surface area contributed by atoms with E-state index in [1.807, 2.05) is 6.92 Å². The Morgan fingerprint density at radius 2 is 2.21 bits per heavy atom. The Morgan fingerprint density at radius 1 is 1.43 bits per heavy atom. The molecular formula is C11H16BrNO. The van der Waals surface area contributed by atoms with E-state index in [0.717, 1.165) is 23.3 Å². The van der Waals surface area contributed by atoms with Gasteiger partial charge in [0, 0.05) is 18.0 Å². The molecule has 2 nitrogen and oxygen atoms in total. The summed E-state index contributed by atoms with van der Waals surface area (Å²) < 4.78 is 6.93. The molecule has 2 rings (SSSR count). The molecular weight excluding hydrogens is 242 g/mol. The lowest BCUT2D eigenvalue weighted by Crippen LogP contribution is -2.28. The Morgan fingerprint density at radius 3 is 2.71 bits per heavy atom. The minimum Gasteiger partial charge on any atom is -0.465 e. The average Bonchev–Trinajstić information content (AvgIpc) is 2.47. The second-order valence-corrected chi connectivity index (χ2v) is 4.80. The molecule has 14 heavy (non-hydrogen) atoms. The molecule has 1 N–H and O–H groups in total. The zero-order valence-corrected chi connectivity index (χ0v) is 10.3. The first-order valence-electron chi connectivity index (χ1n) is 5.16. The quantitative estimate of drug-likeness (QED) is 0.837. The Kier molecular flexibility index (Phi) is 2.98. The highest BCUT2D eigenvalue weighted by Gasteiger charge is 2.22. The van der Waals surface area contributed by atoms with E-state index in [1.165, 1.54) is 24.2 Å². The van der Waals surface area contributed by atoms with Crippen LogP contribution in [-0.4, -0.2) is 13.1 Å². The Labute approximate surface area is 93.2 Å². The summed E-state index contributed by atoms with van der Waals surface area (Å²) in [6.45, 7) is 6.35. The summed E-state index contributed by atoms with van der Waals surface area (Å²) in [7, 11) is 0. The van der Waals surface area contributed by atoms with Crippen LogP contribution in [0, 0.1) is 13.8 Å². The maximum absolute atomic E-state index is 5.80. The van der Waals surface area contributed by atoms with Crippen LogP contribution < -0.4 is 5.32 Å². The van der Waals surface area contributed by atoms with Crippen LogP contribution in [0.4, 0.5) is 0 Å². The monoisotopic (exact) mass is 257 g/mol. The van der Waals surface area contributed by atoms with Crippen LogP contribution in [0.1, 0.15) is 35.8 Å². The maximum atomic E-state index is 5.80. The first kappa shape index (κ1) is 10.2. The lowest BCUT2D eigenvalue weighted by molar-refractivity contribution is 0.377. The molecule has 0 spiro atoms. The molecule has 1 unspecified atom stereocenters. The van der Waals surface area contributed by atoms with Gasteiger partial charge in [-0.3, -0.25) is 0 Å². The predicted molar refractivity (Wildman–Crippen MR) is 60.7 cm³/mol. The molecule has 2 heterocycles. The second-order valence-electron chi connectivity index (χ2n) is 4.00. The van der Waals surface area contributed by atoms with Crippen molar-refractivity contribution in [1.29, 1.82) is 0 Å². The van der Waals surface area contributed by atoms with Crippen LogP contribution in [-0.2, 0) is 0 Å². The Balaban J connectivity index is 2.26. The summed E-state index contributed by atoms with van der Waals surface area (Å²) in [4.78, 5) is 0. The number of furan rings is 1. The fourth-order valence-electron chi connectivity index (χ4n) is 2.12. The highest BCUT2D eigenvalue weighted by molar-refractivity contribution is 9.10. The highest BCUT2D eigenvalue weighted by atomic mass is 79.9. The molecule has 1 aromatic heterocycles. The molecule has 0 aliphatic carbocycles. The zero-order chi connectivity index (χ0) is 10.1. The van der Waals surface area contributed by atoms with Crippen LogP contribution >= 0.6 is 15.9 Å². The van der Waals surface area contributed by atoms with E-state index < -0.39 is 0 Å². The first-order valence-corrected chi connectivity index (χ1v) is 5.95. The molecule has 0 saturated carbocycles. The molecule has 1 fully saturated rings. The third-order valence-corrected chi connectivity index (χ3v) is 4.09. The molecule has 1 saturated heterocycles. The van der Waals surface area contributed by atoms with Crippen molar-refractivity contribution in [1.82, 2.24) is 5.32 Å². The zero-order valence-electron chi connectivity index (χ0n) is 8.69. The normalized spacial score (nSPS) is 22.6. The number of nitrogens with one attached hydrogen (secondary N) is 1. The number of aryl methyl sites for hydroxylation is 1. The maximum Gasteiger partial charge on any atom is 0.115 e. The number of rotatable bonds is 1. The lowest BCUT2D eigenvalue weighted by Gasteiger charge is -2.21. The van der Waals surface area contributed by atoms with Gasteiger partial charge in [0.15, 0.2) is 0 Å². The molecule has 0 amide bonds. The number of hydrogen-bond donors (Lipinski definition) is 1. The van der Waals surface area contributed by atoms with Crippen molar-refractivity contribution in [3.05, 3.63) is 21.6 Å². The van der Waals surface area contributed by atoms with Gasteiger partial charge in [-0.05, 0) is 49.2 Å². The largest absolute Gasteiger partial charge is 0.465 e. The molecule has 0 aromatic carbocycles. The fourth-order valence-corrected chi connectivity index (χ4v) is 2.40. The average molecular weight is 258 g/mol. The Hall–Kier alpha value is -0.280. The van der Waals surface area contributed by atoms with E-state index in [9.17, 15) is 0 Å². The van der Waals surface area contributed by atoms with Crippen LogP contribution in [0.5, 0.6) is 0 Å². The third kappa shape index (κ3) is 1.75. The van der Waals surface area contributed by atoms with Gasteiger partial charge in [0.05, 0.1) is 4.47 Å². The van der Waals surface area contributed by atoms with E-state index >= 15 is 0 Å². The van der Waals surface area contributed by atoms with Crippen molar-refractivity contribution in [2.45, 2.75) is 32.6 Å². The van der Waals surface area contributed by atoms with Gasteiger partial charge in [0.25, 0.3) is 0 Å².